The van der Waals surface area contributed by atoms with Gasteiger partial charge in [0.2, 0.25) is 0 Å². The van der Waals surface area contributed by atoms with Crippen molar-refractivity contribution in [2.45, 2.75) is 113 Å². The molecule has 4 nitrogen and oxygen atoms in total. The van der Waals surface area contributed by atoms with Gasteiger partial charge in [0.1, 0.15) is 0 Å². The quantitative estimate of drug-likeness (QED) is 0.105. The van der Waals surface area contributed by atoms with Crippen molar-refractivity contribution in [3.63, 3.8) is 0 Å². The molecule has 2 heterocycles. The third kappa shape index (κ3) is 16.8. The van der Waals surface area contributed by atoms with Crippen LogP contribution in [0.5, 0.6) is 0 Å². The van der Waals surface area contributed by atoms with Crippen LogP contribution < -0.4 is 9.80 Å². The number of hydrogen-bond acceptors (Lipinski definition) is 4. The van der Waals surface area contributed by atoms with E-state index in [9.17, 15) is 0 Å². The van der Waals surface area contributed by atoms with Crippen molar-refractivity contribution in [1.29, 1.82) is 0 Å². The van der Waals surface area contributed by atoms with Crippen molar-refractivity contribution < 1.29 is 13.5 Å². The van der Waals surface area contributed by atoms with Crippen LogP contribution in [0.15, 0.2) is 115 Å². The maximum absolute atomic E-state index is 5.82. The minimum absolute atomic E-state index is 0.0465. The van der Waals surface area contributed by atoms with Crippen molar-refractivity contribution in [2.24, 2.45) is 0 Å². The van der Waals surface area contributed by atoms with Gasteiger partial charge in [-0.1, -0.05) is 19.3 Å². The summed E-state index contributed by atoms with van der Waals surface area (Å²) in [7, 11) is 19.6. The van der Waals surface area contributed by atoms with Crippen molar-refractivity contribution in [1.82, 2.24) is 9.97 Å². The van der Waals surface area contributed by atoms with Crippen molar-refractivity contribution >= 4 is 48.5 Å². The van der Waals surface area contributed by atoms with Crippen LogP contribution in [0.3, 0.4) is 0 Å². The molecule has 0 aliphatic heterocycles. The Morgan fingerprint density at radius 3 is 1.13 bits per heavy atom. The first-order valence-electron chi connectivity index (χ1n) is 20.3. The van der Waals surface area contributed by atoms with Gasteiger partial charge in [0.05, 0.1) is 17.0 Å². The van der Waals surface area contributed by atoms with Crippen LogP contribution >= 0.6 is 27.3 Å². The number of rotatable bonds is 7. The minimum atomic E-state index is -1.95. The normalized spacial score (nSPS) is 16.3. The Labute approximate surface area is 347 Å². The first-order chi connectivity index (χ1) is 26.8. The molecule has 2 aromatic heterocycles. The molecule has 3 saturated carbocycles. The topological polar surface area (TPSA) is 32.3 Å². The van der Waals surface area contributed by atoms with E-state index in [0.29, 0.717) is 0 Å². The zero-order valence-corrected chi connectivity index (χ0v) is 37.9. The summed E-state index contributed by atoms with van der Waals surface area (Å²) in [6, 6.07) is 28.0. The first-order valence-corrected chi connectivity index (χ1v) is 27.4. The number of anilines is 2. The molecule has 55 heavy (non-hydrogen) atoms. The van der Waals surface area contributed by atoms with Gasteiger partial charge in [-0.15, -0.1) is 0 Å². The fourth-order valence-corrected chi connectivity index (χ4v) is 14.2. The predicted octanol–water partition coefficient (Wildman–Crippen LogP) is 13.1. The van der Waals surface area contributed by atoms with Crippen molar-refractivity contribution in [3.8, 4) is 0 Å². The molecule has 0 radical (unpaired) electrons. The average Bonchev–Trinajstić information content (AvgIpc) is 3.24. The molecule has 2 aromatic carbocycles. The molecule has 0 amide bonds. The molecule has 4 aromatic rings. The summed E-state index contributed by atoms with van der Waals surface area (Å²) in [5, 5.41) is 0. The molecular formula is C47H64Cl2N4PRu+. The maximum atomic E-state index is 5.82. The zero-order valence-electron chi connectivity index (χ0n) is 33.6. The molecule has 0 bridgehead atoms. The molecule has 298 valence electrons. The average molecular weight is 888 g/mol. The van der Waals surface area contributed by atoms with Gasteiger partial charge in [0.25, 0.3) is 0 Å². The summed E-state index contributed by atoms with van der Waals surface area (Å²) < 4.78 is 2.93. The summed E-state index contributed by atoms with van der Waals surface area (Å²) in [5.41, 5.74) is 12.3. The molecular weight excluding hydrogens is 823 g/mol. The zero-order chi connectivity index (χ0) is 39.1. The second kappa shape index (κ2) is 26.3. The van der Waals surface area contributed by atoms with E-state index in [1.54, 1.807) is 121 Å². The van der Waals surface area contributed by atoms with Gasteiger partial charge in [-0.25, -0.2) is 0 Å². The molecule has 3 fully saturated rings. The van der Waals surface area contributed by atoms with Gasteiger partial charge < -0.3 is 9.80 Å². The molecule has 0 N–H and O–H groups in total. The van der Waals surface area contributed by atoms with E-state index < -0.39 is 13.5 Å². The molecule has 8 heteroatoms. The number of aromatic nitrogens is 2. The molecule has 3 aliphatic rings. The summed E-state index contributed by atoms with van der Waals surface area (Å²) in [6.07, 6.45) is 30.9. The number of benzene rings is 2. The summed E-state index contributed by atoms with van der Waals surface area (Å²) in [5.74, 6) is 0. The Hall–Kier alpha value is -2.60. The van der Waals surface area contributed by atoms with E-state index in [1.165, 1.54) is 28.4 Å². The van der Waals surface area contributed by atoms with Crippen molar-refractivity contribution in [2.75, 3.05) is 38.0 Å². The second-order valence-electron chi connectivity index (χ2n) is 15.2. The van der Waals surface area contributed by atoms with E-state index in [2.05, 4.69) is 20.0 Å². The number of nitrogens with zero attached hydrogens (tertiary/aromatic N) is 4. The third-order valence-corrected chi connectivity index (χ3v) is 16.8. The van der Waals surface area contributed by atoms with Crippen LogP contribution in [0, 0.1) is 0 Å². The van der Waals surface area contributed by atoms with Crippen LogP contribution in [0.2, 0.25) is 0 Å². The molecule has 0 atom stereocenters. The fourth-order valence-electron chi connectivity index (χ4n) is 8.19. The Bertz CT molecular complexity index is 1560. The third-order valence-electron chi connectivity index (χ3n) is 10.9. The molecule has 0 unspecified atom stereocenters. The van der Waals surface area contributed by atoms with E-state index in [-0.39, 0.29) is 7.92 Å². The van der Waals surface area contributed by atoms with Crippen LogP contribution in [0.4, 0.5) is 11.4 Å². The van der Waals surface area contributed by atoms with Gasteiger partial charge in [-0.05, 0) is 101 Å². The molecule has 0 saturated heterocycles. The van der Waals surface area contributed by atoms with Crippen molar-refractivity contribution in [3.05, 3.63) is 127 Å². The summed E-state index contributed by atoms with van der Waals surface area (Å²) in [4.78, 5) is 11.9. The number of halogens is 2. The summed E-state index contributed by atoms with van der Waals surface area (Å²) in [6.45, 7) is 0. The fraction of sp³-hybridized carbons (Fsp3) is 0.468. The Kier molecular flexibility index (Phi) is 21.6. The summed E-state index contributed by atoms with van der Waals surface area (Å²) >= 11 is -1.95. The monoisotopic (exact) mass is 887 g/mol. The van der Waals surface area contributed by atoms with Gasteiger partial charge in [0, 0.05) is 72.3 Å². The van der Waals surface area contributed by atoms with Gasteiger partial charge in [-0.3, -0.25) is 9.97 Å². The van der Waals surface area contributed by atoms with Crippen LogP contribution in [0.1, 0.15) is 107 Å². The van der Waals surface area contributed by atoms with E-state index in [1.807, 2.05) is 123 Å². The van der Waals surface area contributed by atoms with Gasteiger partial charge in [-0.2, -0.15) is 0 Å². The number of hydrogen-bond donors (Lipinski definition) is 0. The molecule has 0 spiro atoms. The Balaban J connectivity index is 0.000000173. The van der Waals surface area contributed by atoms with Crippen LogP contribution in [-0.2, 0) is 13.5 Å². The standard InChI is InChI=1S/C18H33P.C15H10.2C7H10N2.2ClH.Ru/c1-4-10-16(11-5-1)19(17-12-6-2-7-13-17)18-14-8-3-9-15-18;1-2-15(13-9-5-3-6-10-13)14-11-7-4-8-12-14;2*1-9(2)7-3-5-8-6-4-7;;;/h16-18H,1-15H2;3-12H;2*3-6H,1-2H3;2*1H;/q;;;;;;+2/p-1. The van der Waals surface area contributed by atoms with Gasteiger partial charge in [0.15, 0.2) is 0 Å². The van der Waals surface area contributed by atoms with Gasteiger partial charge >= 0.3 is 120 Å². The SMILES string of the molecule is C1CCC([PH+](C2CCCCC2)C2CCCCC2)CC1.CN(C)c1ccncc1.CN(C)c1ccncc1.[Cl][Ru]([Cl])=[C]=C=C(c1ccccc1)c1ccccc1. The molecule has 7 rings (SSSR count). The van der Waals surface area contributed by atoms with E-state index in [0.717, 1.165) is 16.7 Å². The Morgan fingerprint density at radius 1 is 0.527 bits per heavy atom. The first kappa shape index (κ1) is 45.1. The number of pyridine rings is 2. The van der Waals surface area contributed by atoms with E-state index in [4.69, 9.17) is 19.4 Å². The second-order valence-corrected chi connectivity index (χ2v) is 24.0. The van der Waals surface area contributed by atoms with Crippen LogP contribution in [0.25, 0.3) is 5.57 Å². The molecule has 3 aliphatic carbocycles. The van der Waals surface area contributed by atoms with Crippen LogP contribution in [-0.4, -0.2) is 59.4 Å². The van der Waals surface area contributed by atoms with E-state index >= 15 is 0 Å². The Morgan fingerprint density at radius 2 is 0.855 bits per heavy atom. The predicted molar refractivity (Wildman–Crippen MR) is 242 cm³/mol.